The lowest BCUT2D eigenvalue weighted by atomic mass is 10.1. The van der Waals surface area contributed by atoms with Crippen molar-refractivity contribution in [2.45, 2.75) is 20.1 Å². The van der Waals surface area contributed by atoms with Gasteiger partial charge in [-0.05, 0) is 42.3 Å². The van der Waals surface area contributed by atoms with E-state index in [0.717, 1.165) is 39.4 Å². The molecule has 1 aromatic heterocycles. The van der Waals surface area contributed by atoms with Crippen molar-refractivity contribution in [1.29, 1.82) is 0 Å². The second kappa shape index (κ2) is 12.4. The van der Waals surface area contributed by atoms with Gasteiger partial charge < -0.3 is 9.47 Å². The maximum Gasteiger partial charge on any atom is 0.203 e. The average molecular weight is 540 g/mol. The summed E-state index contributed by atoms with van der Waals surface area (Å²) < 4.78 is 12.3. The van der Waals surface area contributed by atoms with E-state index in [2.05, 4.69) is 15.5 Å². The van der Waals surface area contributed by atoms with Crippen LogP contribution in [0.2, 0.25) is 5.02 Å². The van der Waals surface area contributed by atoms with Gasteiger partial charge in [-0.15, -0.1) is 11.3 Å². The third-order valence-corrected chi connectivity index (χ3v) is 6.79. The van der Waals surface area contributed by atoms with Crippen molar-refractivity contribution in [3.8, 4) is 22.8 Å². The Morgan fingerprint density at radius 2 is 1.50 bits per heavy atom. The molecule has 0 radical (unpaired) electrons. The van der Waals surface area contributed by atoms with E-state index in [1.54, 1.807) is 0 Å². The number of nitrogens with one attached hydrogen (secondary N) is 1. The van der Waals surface area contributed by atoms with Crippen LogP contribution < -0.4 is 14.9 Å². The number of nitrogens with zero attached hydrogens (tertiary/aromatic N) is 2. The van der Waals surface area contributed by atoms with Gasteiger partial charge >= 0.3 is 0 Å². The number of ether oxygens (including phenoxy) is 2. The number of hydrazone groups is 1. The van der Waals surface area contributed by atoms with Crippen molar-refractivity contribution in [1.82, 2.24) is 4.98 Å². The fourth-order valence-electron chi connectivity index (χ4n) is 3.76. The first-order valence-corrected chi connectivity index (χ1v) is 13.4. The summed E-state index contributed by atoms with van der Waals surface area (Å²) in [6.07, 6.45) is 0. The molecule has 7 heteroatoms. The van der Waals surface area contributed by atoms with Gasteiger partial charge in [0, 0.05) is 27.6 Å². The zero-order valence-corrected chi connectivity index (χ0v) is 22.4. The number of rotatable bonds is 10. The third-order valence-electron chi connectivity index (χ3n) is 5.79. The number of benzene rings is 4. The Balaban J connectivity index is 1.33. The van der Waals surface area contributed by atoms with Crippen LogP contribution in [-0.2, 0) is 13.2 Å². The zero-order chi connectivity index (χ0) is 26.2. The molecule has 0 unspecified atom stereocenters. The maximum absolute atomic E-state index is 6.25. The Hall–Kier alpha value is -4.13. The Kier molecular flexibility index (Phi) is 8.33. The lowest BCUT2D eigenvalue weighted by molar-refractivity contribution is 0.289. The molecule has 1 N–H and O–H groups in total. The molecule has 0 spiro atoms. The van der Waals surface area contributed by atoms with Gasteiger partial charge in [0.1, 0.15) is 24.7 Å². The lowest BCUT2D eigenvalue weighted by Gasteiger charge is -2.14. The second-order valence-corrected chi connectivity index (χ2v) is 9.85. The van der Waals surface area contributed by atoms with E-state index in [0.29, 0.717) is 29.1 Å². The summed E-state index contributed by atoms with van der Waals surface area (Å²) in [5.74, 6) is 1.43. The van der Waals surface area contributed by atoms with Gasteiger partial charge in [0.05, 0.1) is 11.4 Å². The van der Waals surface area contributed by atoms with Crippen molar-refractivity contribution in [2.75, 3.05) is 5.43 Å². The highest BCUT2D eigenvalue weighted by Crippen LogP contribution is 2.29. The summed E-state index contributed by atoms with van der Waals surface area (Å²) in [5, 5.41) is 7.98. The molecule has 0 aliphatic heterocycles. The highest BCUT2D eigenvalue weighted by atomic mass is 35.5. The van der Waals surface area contributed by atoms with Crippen LogP contribution in [0.5, 0.6) is 11.5 Å². The number of thiazole rings is 1. The zero-order valence-electron chi connectivity index (χ0n) is 20.8. The number of hydrogen-bond donors (Lipinski definition) is 1. The average Bonchev–Trinajstić information content (AvgIpc) is 3.44. The molecule has 0 amide bonds. The molecular weight excluding hydrogens is 514 g/mol. The minimum atomic E-state index is 0.438. The van der Waals surface area contributed by atoms with Crippen LogP contribution in [0.3, 0.4) is 0 Å². The van der Waals surface area contributed by atoms with Gasteiger partial charge in [-0.1, -0.05) is 84.4 Å². The molecule has 5 aromatic rings. The molecule has 4 aromatic carbocycles. The maximum atomic E-state index is 6.25. The van der Waals surface area contributed by atoms with Gasteiger partial charge in [-0.3, -0.25) is 5.43 Å². The lowest BCUT2D eigenvalue weighted by Crippen LogP contribution is -2.05. The molecular formula is C31H26ClN3O2S. The fourth-order valence-corrected chi connectivity index (χ4v) is 4.54. The molecule has 0 bridgehead atoms. The van der Waals surface area contributed by atoms with E-state index in [9.17, 15) is 0 Å². The SMILES string of the molecule is C/C(=N/Nc1nc(-c2ccc(Cl)cc2)cs1)c1ccc(OCc2ccccc2)cc1OCc1ccccc1. The number of hydrogen-bond acceptors (Lipinski definition) is 6. The van der Waals surface area contributed by atoms with Crippen LogP contribution in [-0.4, -0.2) is 10.7 Å². The minimum Gasteiger partial charge on any atom is -0.489 e. The second-order valence-electron chi connectivity index (χ2n) is 8.56. The Morgan fingerprint density at radius 1 is 0.842 bits per heavy atom. The molecule has 0 atom stereocenters. The Bertz CT molecular complexity index is 1500. The molecule has 5 nitrogen and oxygen atoms in total. The van der Waals surface area contributed by atoms with Crippen LogP contribution in [0.15, 0.2) is 114 Å². The number of halogens is 1. The number of aromatic nitrogens is 1. The predicted molar refractivity (Wildman–Crippen MR) is 156 cm³/mol. The minimum absolute atomic E-state index is 0.438. The van der Waals surface area contributed by atoms with E-state index in [-0.39, 0.29) is 0 Å². The predicted octanol–water partition coefficient (Wildman–Crippen LogP) is 8.46. The van der Waals surface area contributed by atoms with Gasteiger partial charge in [-0.2, -0.15) is 5.10 Å². The van der Waals surface area contributed by atoms with Gasteiger partial charge in [0.15, 0.2) is 0 Å². The summed E-state index contributed by atoms with van der Waals surface area (Å²) >= 11 is 7.50. The van der Waals surface area contributed by atoms with Crippen molar-refractivity contribution >= 4 is 33.8 Å². The fraction of sp³-hybridized carbons (Fsp3) is 0.0968. The third kappa shape index (κ3) is 6.79. The normalized spacial score (nSPS) is 11.3. The molecule has 1 heterocycles. The summed E-state index contributed by atoms with van der Waals surface area (Å²) in [7, 11) is 0. The largest absolute Gasteiger partial charge is 0.489 e. The Morgan fingerprint density at radius 3 is 2.18 bits per heavy atom. The molecule has 0 saturated heterocycles. The Labute approximate surface area is 231 Å². The highest BCUT2D eigenvalue weighted by molar-refractivity contribution is 7.14. The van der Waals surface area contributed by atoms with E-state index in [1.165, 1.54) is 11.3 Å². The summed E-state index contributed by atoms with van der Waals surface area (Å²) in [4.78, 5) is 4.65. The van der Waals surface area contributed by atoms with Crippen molar-refractivity contribution in [3.63, 3.8) is 0 Å². The van der Waals surface area contributed by atoms with E-state index >= 15 is 0 Å². The molecule has 0 saturated carbocycles. The smallest absolute Gasteiger partial charge is 0.203 e. The molecule has 0 aliphatic rings. The van der Waals surface area contributed by atoms with E-state index < -0.39 is 0 Å². The van der Waals surface area contributed by atoms with E-state index in [1.807, 2.05) is 115 Å². The van der Waals surface area contributed by atoms with Crippen molar-refractivity contribution in [2.24, 2.45) is 5.10 Å². The topological polar surface area (TPSA) is 55.7 Å². The molecule has 0 fully saturated rings. The van der Waals surface area contributed by atoms with Gasteiger partial charge in [0.2, 0.25) is 5.13 Å². The van der Waals surface area contributed by atoms with Gasteiger partial charge in [-0.25, -0.2) is 4.98 Å². The van der Waals surface area contributed by atoms with Crippen molar-refractivity contribution in [3.05, 3.63) is 130 Å². The van der Waals surface area contributed by atoms with Crippen LogP contribution in [0, 0.1) is 0 Å². The van der Waals surface area contributed by atoms with E-state index in [4.69, 9.17) is 21.1 Å². The standard InChI is InChI=1S/C31H26ClN3O2S/c1-22(34-35-31-33-29(21-38-31)25-12-14-26(32)15-13-25)28-17-16-27(36-19-23-8-4-2-5-9-23)18-30(28)37-20-24-10-6-3-7-11-24/h2-18,21H,19-20H2,1H3,(H,33,35)/b34-22-. The first-order chi connectivity index (χ1) is 18.6. The summed E-state index contributed by atoms with van der Waals surface area (Å²) in [6, 6.07) is 33.6. The van der Waals surface area contributed by atoms with Crippen LogP contribution in [0.25, 0.3) is 11.3 Å². The molecule has 0 aliphatic carbocycles. The highest BCUT2D eigenvalue weighted by Gasteiger charge is 2.11. The quantitative estimate of drug-likeness (QED) is 0.143. The summed E-state index contributed by atoms with van der Waals surface area (Å²) in [6.45, 7) is 2.86. The van der Waals surface area contributed by atoms with Crippen LogP contribution in [0.1, 0.15) is 23.6 Å². The van der Waals surface area contributed by atoms with Crippen LogP contribution >= 0.6 is 22.9 Å². The van der Waals surface area contributed by atoms with Gasteiger partial charge in [0.25, 0.3) is 0 Å². The van der Waals surface area contributed by atoms with Crippen LogP contribution in [0.4, 0.5) is 5.13 Å². The first-order valence-electron chi connectivity index (χ1n) is 12.1. The molecule has 190 valence electrons. The molecule has 5 rings (SSSR count). The van der Waals surface area contributed by atoms with Crippen molar-refractivity contribution < 1.29 is 9.47 Å². The first kappa shape index (κ1) is 25.5. The monoisotopic (exact) mass is 539 g/mol. The summed E-state index contributed by atoms with van der Waals surface area (Å²) in [5.41, 5.74) is 8.79. The molecule has 38 heavy (non-hydrogen) atoms. The number of anilines is 1.